The van der Waals surface area contributed by atoms with Crippen LogP contribution in [0.25, 0.3) is 0 Å². The maximum Gasteiger partial charge on any atom is 0.263 e. The number of aromatic hydroxyl groups is 2. The number of carbonyl (C=O) groups excluding carboxylic acids is 6. The summed E-state index contributed by atoms with van der Waals surface area (Å²) in [6, 6.07) is 9.45. The first-order valence-corrected chi connectivity index (χ1v) is 21.6. The average molecular weight is 930 g/mol. The number of likely N-dealkylation sites (N-methyl/N-ethyl adjacent to an activating group) is 2. The largest absolute Gasteiger partial charge is 0.510 e. The van der Waals surface area contributed by atoms with Crippen LogP contribution in [0.3, 0.4) is 0 Å². The van der Waals surface area contributed by atoms with Gasteiger partial charge in [-0.15, -0.1) is 6.58 Å². The number of aliphatic hydroxyl groups excluding tert-OH is 4. The topological polar surface area (TPSA) is 322 Å². The number of allylic oxidation sites excluding steroid dienone is 3. The molecule has 0 fully saturated rings. The van der Waals surface area contributed by atoms with Crippen LogP contribution < -0.4 is 11.1 Å². The van der Waals surface area contributed by atoms with Crippen molar-refractivity contribution in [2.45, 2.75) is 48.0 Å². The summed E-state index contributed by atoms with van der Waals surface area (Å²) in [5.74, 6) is -19.3. The van der Waals surface area contributed by atoms with Crippen molar-refractivity contribution < 1.29 is 69.6 Å². The first kappa shape index (κ1) is 45.7. The molecule has 0 radical (unpaired) electrons. The highest BCUT2D eigenvalue weighted by atomic mass is 16.4. The molecule has 19 nitrogen and oxygen atoms in total. The number of fused-ring (bicyclic) bond motifs is 6. The molecule has 1 heterocycles. The van der Waals surface area contributed by atoms with Gasteiger partial charge in [-0.2, -0.15) is 0 Å². The molecule has 6 aliphatic carbocycles. The summed E-state index contributed by atoms with van der Waals surface area (Å²) >= 11 is 0. The van der Waals surface area contributed by atoms with Crippen molar-refractivity contribution in [2.24, 2.45) is 29.4 Å². The molecule has 1 aromatic heterocycles. The summed E-state index contributed by atoms with van der Waals surface area (Å²) in [6.07, 6.45) is 2.47. The Bertz CT molecular complexity index is 2990. The van der Waals surface area contributed by atoms with Crippen molar-refractivity contribution in [1.29, 1.82) is 0 Å². The number of amides is 2. The number of rotatable bonds is 7. The number of anilines is 1. The normalized spacial score (nSPS) is 30.9. The van der Waals surface area contributed by atoms with Crippen LogP contribution in [0, 0.1) is 23.7 Å². The van der Waals surface area contributed by atoms with Gasteiger partial charge in [0.1, 0.15) is 39.9 Å². The van der Waals surface area contributed by atoms with Gasteiger partial charge < -0.3 is 51.9 Å². The summed E-state index contributed by atoms with van der Waals surface area (Å²) in [5.41, 5.74) is -3.76. The molecule has 0 aliphatic heterocycles. The lowest BCUT2D eigenvalue weighted by molar-refractivity contribution is -0.149. The number of carbonyl (C=O) groups is 6. The van der Waals surface area contributed by atoms with Crippen molar-refractivity contribution >= 4 is 40.6 Å². The van der Waals surface area contributed by atoms with Gasteiger partial charge >= 0.3 is 0 Å². The van der Waals surface area contributed by atoms with Crippen LogP contribution in [-0.2, 0) is 19.2 Å². The summed E-state index contributed by atoms with van der Waals surface area (Å²) < 4.78 is 0. The molecule has 0 saturated heterocycles. The predicted octanol–water partition coefficient (Wildman–Crippen LogP) is 2.42. The van der Waals surface area contributed by atoms with E-state index in [9.17, 15) is 69.6 Å². The van der Waals surface area contributed by atoms with E-state index in [1.807, 2.05) is 0 Å². The van der Waals surface area contributed by atoms with E-state index in [0.29, 0.717) is 11.3 Å². The minimum absolute atomic E-state index is 0.135. The highest BCUT2D eigenvalue weighted by molar-refractivity contribution is 6.29. The Morgan fingerprint density at radius 3 is 1.85 bits per heavy atom. The molecule has 0 bridgehead atoms. The minimum Gasteiger partial charge on any atom is -0.510 e. The zero-order chi connectivity index (χ0) is 49.4. The maximum absolute atomic E-state index is 14.7. The number of benzene rings is 2. The molecule has 9 rings (SSSR count). The highest BCUT2D eigenvalue weighted by Crippen LogP contribution is 2.59. The van der Waals surface area contributed by atoms with Crippen molar-refractivity contribution in [1.82, 2.24) is 14.8 Å². The van der Waals surface area contributed by atoms with Gasteiger partial charge in [0.05, 0.1) is 28.9 Å². The molecular formula is C49H47N5O14. The number of pyridine rings is 1. The maximum atomic E-state index is 14.7. The highest BCUT2D eigenvalue weighted by Gasteiger charge is 2.66. The fourth-order valence-electron chi connectivity index (χ4n) is 12.0. The molecule has 2 aromatic carbocycles. The molecule has 2 amide bonds. The van der Waals surface area contributed by atoms with Gasteiger partial charge in [-0.3, -0.25) is 43.6 Å². The SMILES string of the molecule is C=C[C@H]1c2ccc(NC(=O)C3=C(O)[C@@H](N(C)C)[C@@H]4C[C@H]5C(=C(O)[C@]4(O)C3=O)C(=O)c3c(O)cccc3[C@@H]5c3ccccn3)c(O)c2C(=O)C2=C(O)[C@]3(O)C(=O)C(C(N)=O)=C(O)[C@@H](N(C)C)[C@@H]3C[C@@H]21. The number of hydrogen-bond donors (Lipinski definition) is 10. The van der Waals surface area contributed by atoms with Crippen LogP contribution in [0.4, 0.5) is 5.69 Å². The van der Waals surface area contributed by atoms with Gasteiger partial charge in [0.2, 0.25) is 11.6 Å². The minimum atomic E-state index is -3.02. The van der Waals surface area contributed by atoms with Gasteiger partial charge in [-0.05, 0) is 76.4 Å². The van der Waals surface area contributed by atoms with Crippen LogP contribution in [0.15, 0.2) is 113 Å². The zero-order valence-electron chi connectivity index (χ0n) is 37.0. The van der Waals surface area contributed by atoms with Gasteiger partial charge in [0, 0.05) is 58.5 Å². The molecule has 3 aromatic rings. The van der Waals surface area contributed by atoms with Crippen LogP contribution in [0.5, 0.6) is 11.5 Å². The Morgan fingerprint density at radius 1 is 0.735 bits per heavy atom. The van der Waals surface area contributed by atoms with Crippen LogP contribution in [0.1, 0.15) is 62.2 Å². The average Bonchev–Trinajstić information content (AvgIpc) is 3.27. The third-order valence-electron chi connectivity index (χ3n) is 14.9. The number of aliphatic hydroxyl groups is 6. The van der Waals surface area contributed by atoms with Crippen LogP contribution in [0.2, 0.25) is 0 Å². The Morgan fingerprint density at radius 2 is 1.29 bits per heavy atom. The molecule has 6 aliphatic rings. The Labute approximate surface area is 387 Å². The van der Waals surface area contributed by atoms with E-state index in [-0.39, 0.29) is 24.0 Å². The summed E-state index contributed by atoms with van der Waals surface area (Å²) in [4.78, 5) is 91.7. The van der Waals surface area contributed by atoms with Crippen molar-refractivity contribution in [2.75, 3.05) is 33.5 Å². The summed E-state index contributed by atoms with van der Waals surface area (Å²) in [5, 5.41) is 96.9. The number of ketones is 4. The van der Waals surface area contributed by atoms with Crippen LogP contribution in [-0.4, -0.2) is 142 Å². The Kier molecular flexibility index (Phi) is 10.5. The predicted molar refractivity (Wildman–Crippen MR) is 238 cm³/mol. The van der Waals surface area contributed by atoms with Gasteiger partial charge in [-0.25, -0.2) is 0 Å². The summed E-state index contributed by atoms with van der Waals surface area (Å²) in [6.45, 7) is 3.89. The number of Topliss-reactive ketones (excluding diaryl/α,β-unsaturated/α-hetero) is 4. The van der Waals surface area contributed by atoms with Crippen LogP contribution >= 0.6 is 0 Å². The second-order valence-electron chi connectivity index (χ2n) is 18.6. The van der Waals surface area contributed by atoms with Crippen molar-refractivity contribution in [3.8, 4) is 11.5 Å². The first-order chi connectivity index (χ1) is 32.1. The van der Waals surface area contributed by atoms with Crippen molar-refractivity contribution in [3.05, 3.63) is 141 Å². The number of aromatic nitrogens is 1. The molecule has 0 unspecified atom stereocenters. The number of nitrogens with zero attached hydrogens (tertiary/aromatic N) is 3. The van der Waals surface area contributed by atoms with E-state index >= 15 is 0 Å². The number of nitrogens with two attached hydrogens (primary N) is 1. The number of hydrogen-bond acceptors (Lipinski definition) is 17. The standard InChI is InChI=1S/C49H47N5O14/c1-6-18-19-13-14-26(37(56)30(19)39(58)31-21(18)16-23-35(53(2)3)40(59)33(46(50)65)44(63)48(23,67)42(31)61)52-47(66)34-41(60)36(54(4)5)24-17-22-28(25-11-7-8-15-51-25)20-10-9-12-27(55)29(20)38(57)32(22)43(62)49(24,68)45(34)64/h6-15,18,21-24,28,35-36,55-56,59-62,67-68H,1,16-17H2,2-5H3,(H2,50,65)(H,52,66)/t18-,21+,22+,23-,24-,28-,35-,36-,48-,49-/m0/s1. The number of nitrogens with one attached hydrogen (secondary N) is 1. The molecule has 19 heteroatoms. The van der Waals surface area contributed by atoms with Gasteiger partial charge in [0.25, 0.3) is 11.8 Å². The van der Waals surface area contributed by atoms with E-state index in [2.05, 4.69) is 16.9 Å². The zero-order valence-corrected chi connectivity index (χ0v) is 37.0. The Hall–Kier alpha value is -7.45. The van der Waals surface area contributed by atoms with E-state index in [1.165, 1.54) is 68.5 Å². The molecule has 352 valence electrons. The van der Waals surface area contributed by atoms with E-state index in [0.717, 1.165) is 0 Å². The molecular weight excluding hydrogens is 883 g/mol. The van der Waals surface area contributed by atoms with Crippen molar-refractivity contribution in [3.63, 3.8) is 0 Å². The van der Waals surface area contributed by atoms with Gasteiger partial charge in [-0.1, -0.05) is 30.3 Å². The fourth-order valence-corrected chi connectivity index (χ4v) is 12.0. The monoisotopic (exact) mass is 929 g/mol. The molecule has 10 atom stereocenters. The lowest BCUT2D eigenvalue weighted by Crippen LogP contribution is -2.64. The van der Waals surface area contributed by atoms with E-state index in [1.54, 1.807) is 30.3 Å². The van der Waals surface area contributed by atoms with E-state index < -0.39 is 162 Å². The third-order valence-corrected chi connectivity index (χ3v) is 14.9. The number of primary amides is 1. The summed E-state index contributed by atoms with van der Waals surface area (Å²) in [7, 11) is 5.97. The quantitative estimate of drug-likeness (QED) is 0.0924. The second kappa shape index (κ2) is 15.6. The second-order valence-corrected chi connectivity index (χ2v) is 18.6. The fraction of sp³-hybridized carbons (Fsp3) is 0.327. The molecule has 0 saturated carbocycles. The lowest BCUT2D eigenvalue weighted by atomic mass is 9.56. The molecule has 0 spiro atoms. The number of phenolic OH excluding ortho intramolecular Hbond substituents is 2. The first-order valence-electron chi connectivity index (χ1n) is 21.6. The lowest BCUT2D eigenvalue weighted by Gasteiger charge is -2.51. The van der Waals surface area contributed by atoms with Gasteiger partial charge in [0.15, 0.2) is 28.5 Å². The molecule has 11 N–H and O–H groups in total. The number of phenols is 2. The smallest absolute Gasteiger partial charge is 0.263 e. The van der Waals surface area contributed by atoms with E-state index in [4.69, 9.17) is 5.73 Å². The Balaban J connectivity index is 1.12. The molecule has 68 heavy (non-hydrogen) atoms. The third kappa shape index (κ3) is 5.88.